The van der Waals surface area contributed by atoms with E-state index in [0.717, 1.165) is 16.9 Å². The van der Waals surface area contributed by atoms with E-state index in [9.17, 15) is 18.0 Å². The Kier molecular flexibility index (Phi) is 7.72. The number of nitrogens with one attached hydrogen (secondary N) is 2. The van der Waals surface area contributed by atoms with Crippen molar-refractivity contribution in [1.29, 1.82) is 0 Å². The van der Waals surface area contributed by atoms with Crippen molar-refractivity contribution in [1.82, 2.24) is 14.7 Å². The monoisotopic (exact) mass is 558 g/mol. The van der Waals surface area contributed by atoms with Gasteiger partial charge in [0, 0.05) is 24.3 Å². The molecule has 2 N–H and O–H groups in total. The average molecular weight is 559 g/mol. The van der Waals surface area contributed by atoms with Crippen LogP contribution in [0.15, 0.2) is 46.7 Å². The van der Waals surface area contributed by atoms with Gasteiger partial charge < -0.3 is 4.74 Å². The van der Waals surface area contributed by atoms with Gasteiger partial charge in [-0.2, -0.15) is 0 Å². The molecule has 3 heterocycles. The summed E-state index contributed by atoms with van der Waals surface area (Å²) in [4.78, 5) is 37.5. The summed E-state index contributed by atoms with van der Waals surface area (Å²) in [5, 5.41) is 2.99. The van der Waals surface area contributed by atoms with Crippen molar-refractivity contribution in [2.45, 2.75) is 43.9 Å². The van der Waals surface area contributed by atoms with Crippen molar-refractivity contribution in [2.24, 2.45) is 0 Å². The molecule has 202 valence electrons. The number of hydrogen-bond acceptors (Lipinski definition) is 8. The van der Waals surface area contributed by atoms with Crippen molar-refractivity contribution >= 4 is 50.1 Å². The Labute approximate surface area is 225 Å². The number of carbonyl (C=O) groups excluding carboxylic acids is 2. The minimum atomic E-state index is -3.66. The lowest BCUT2D eigenvalue weighted by atomic mass is 10.1. The van der Waals surface area contributed by atoms with Gasteiger partial charge in [0.1, 0.15) is 11.4 Å². The summed E-state index contributed by atoms with van der Waals surface area (Å²) in [7, 11) is -2.32. The fourth-order valence-electron chi connectivity index (χ4n) is 3.85. The molecule has 0 radical (unpaired) electrons. The number of nitrogens with zero attached hydrogens (tertiary/aromatic N) is 4. The van der Waals surface area contributed by atoms with Gasteiger partial charge in [0.15, 0.2) is 9.34 Å². The number of benzene rings is 1. The van der Waals surface area contributed by atoms with Gasteiger partial charge in [-0.05, 0) is 65.4 Å². The molecule has 3 aromatic rings. The SMILES string of the molecule is CNS(=O)(=O)c1sc(N2CCCN(c3ccc(-c4cccc(NC(=O)OC(C)(C)C)n4)cc3)C2=O)nc1C. The van der Waals surface area contributed by atoms with Gasteiger partial charge in [0.05, 0.1) is 11.4 Å². The van der Waals surface area contributed by atoms with Crippen LogP contribution in [-0.2, 0) is 14.8 Å². The molecule has 1 aliphatic heterocycles. The summed E-state index contributed by atoms with van der Waals surface area (Å²) < 4.78 is 32.2. The molecule has 11 nitrogen and oxygen atoms in total. The van der Waals surface area contributed by atoms with E-state index >= 15 is 0 Å². The zero-order valence-corrected chi connectivity index (χ0v) is 23.4. The molecule has 1 aliphatic rings. The number of aromatic nitrogens is 2. The van der Waals surface area contributed by atoms with E-state index in [1.807, 2.05) is 30.3 Å². The predicted molar refractivity (Wildman–Crippen MR) is 147 cm³/mol. The molecule has 2 aromatic heterocycles. The van der Waals surface area contributed by atoms with E-state index < -0.39 is 21.7 Å². The van der Waals surface area contributed by atoms with Gasteiger partial charge in [0.2, 0.25) is 0 Å². The fourth-order valence-corrected chi connectivity index (χ4v) is 6.21. The molecule has 1 aromatic carbocycles. The number of sulfonamides is 1. The number of ether oxygens (including phenoxy) is 1. The molecular formula is C25H30N6O5S2. The van der Waals surface area contributed by atoms with Crippen LogP contribution in [0, 0.1) is 6.92 Å². The minimum absolute atomic E-state index is 0.0974. The van der Waals surface area contributed by atoms with Crippen LogP contribution in [0.4, 0.5) is 26.2 Å². The first-order chi connectivity index (χ1) is 17.9. The quantitative estimate of drug-likeness (QED) is 0.451. The number of thiazole rings is 1. The van der Waals surface area contributed by atoms with Gasteiger partial charge in [-0.3, -0.25) is 15.1 Å². The maximum Gasteiger partial charge on any atom is 0.413 e. The van der Waals surface area contributed by atoms with Gasteiger partial charge in [-0.15, -0.1) is 0 Å². The Morgan fingerprint density at radius 3 is 2.39 bits per heavy atom. The van der Waals surface area contributed by atoms with Gasteiger partial charge >= 0.3 is 12.1 Å². The topological polar surface area (TPSA) is 134 Å². The smallest absolute Gasteiger partial charge is 0.413 e. The minimum Gasteiger partial charge on any atom is -0.444 e. The number of pyridine rings is 1. The van der Waals surface area contributed by atoms with E-state index in [1.54, 1.807) is 44.7 Å². The van der Waals surface area contributed by atoms with Gasteiger partial charge in [0.25, 0.3) is 10.0 Å². The lowest BCUT2D eigenvalue weighted by Crippen LogP contribution is -2.49. The molecule has 3 amide bonds. The Bertz CT molecular complexity index is 1450. The van der Waals surface area contributed by atoms with E-state index in [2.05, 4.69) is 20.0 Å². The summed E-state index contributed by atoms with van der Waals surface area (Å²) in [6.07, 6.45) is 0.108. The third-order valence-electron chi connectivity index (χ3n) is 5.56. The molecule has 38 heavy (non-hydrogen) atoms. The molecule has 1 fully saturated rings. The second-order valence-electron chi connectivity index (χ2n) is 9.60. The predicted octanol–water partition coefficient (Wildman–Crippen LogP) is 4.61. The van der Waals surface area contributed by atoms with Crippen molar-refractivity contribution in [3.05, 3.63) is 48.2 Å². The molecule has 0 aliphatic carbocycles. The van der Waals surface area contributed by atoms with Crippen LogP contribution in [0.5, 0.6) is 0 Å². The number of rotatable bonds is 6. The number of amides is 3. The van der Waals surface area contributed by atoms with Gasteiger partial charge in [-0.1, -0.05) is 29.5 Å². The van der Waals surface area contributed by atoms with E-state index in [4.69, 9.17) is 4.74 Å². The Balaban J connectivity index is 1.51. The highest BCUT2D eigenvalue weighted by atomic mass is 32.2. The molecule has 1 saturated heterocycles. The number of anilines is 3. The molecular weight excluding hydrogens is 528 g/mol. The third-order valence-corrected chi connectivity index (χ3v) is 8.77. The van der Waals surface area contributed by atoms with Crippen molar-refractivity contribution in [3.8, 4) is 11.3 Å². The highest BCUT2D eigenvalue weighted by Gasteiger charge is 2.32. The number of aryl methyl sites for hydroxylation is 1. The summed E-state index contributed by atoms with van der Waals surface area (Å²) in [5.41, 5.74) is 1.88. The van der Waals surface area contributed by atoms with Crippen LogP contribution >= 0.6 is 11.3 Å². The molecule has 0 atom stereocenters. The summed E-state index contributed by atoms with van der Waals surface area (Å²) in [5.74, 6) is 0.362. The van der Waals surface area contributed by atoms with Crippen molar-refractivity contribution in [3.63, 3.8) is 0 Å². The van der Waals surface area contributed by atoms with Crippen LogP contribution in [0.1, 0.15) is 32.9 Å². The molecule has 0 unspecified atom stereocenters. The lowest BCUT2D eigenvalue weighted by Gasteiger charge is -2.34. The molecule has 0 saturated carbocycles. The normalized spacial score (nSPS) is 14.5. The largest absolute Gasteiger partial charge is 0.444 e. The molecule has 0 bridgehead atoms. The highest BCUT2D eigenvalue weighted by Crippen LogP contribution is 2.33. The zero-order valence-electron chi connectivity index (χ0n) is 21.8. The highest BCUT2D eigenvalue weighted by molar-refractivity contribution is 7.91. The molecule has 4 rings (SSSR count). The summed E-state index contributed by atoms with van der Waals surface area (Å²) in [6.45, 7) is 7.94. The number of hydrogen-bond donors (Lipinski definition) is 2. The van der Waals surface area contributed by atoms with Crippen molar-refractivity contribution < 1.29 is 22.7 Å². The summed E-state index contributed by atoms with van der Waals surface area (Å²) in [6, 6.07) is 12.4. The Morgan fingerprint density at radius 1 is 1.05 bits per heavy atom. The Hall–Kier alpha value is -3.55. The van der Waals surface area contributed by atoms with Gasteiger partial charge in [-0.25, -0.2) is 32.7 Å². The van der Waals surface area contributed by atoms with Crippen molar-refractivity contribution in [2.75, 3.05) is 35.3 Å². The fraction of sp³-hybridized carbons (Fsp3) is 0.360. The van der Waals surface area contributed by atoms with Crippen LogP contribution in [0.25, 0.3) is 11.3 Å². The first-order valence-electron chi connectivity index (χ1n) is 12.0. The maximum absolute atomic E-state index is 13.4. The van der Waals surface area contributed by atoms with Crippen LogP contribution in [0.3, 0.4) is 0 Å². The van der Waals surface area contributed by atoms with E-state index in [1.165, 1.54) is 11.9 Å². The molecule has 0 spiro atoms. The standard InChI is InChI=1S/C25H30N6O5S2/c1-16-21(38(34,35)26-5)37-22(27-16)31-15-7-14-30(24(31)33)18-12-10-17(11-13-18)19-8-6-9-20(28-19)29-23(32)36-25(2,3)4/h6,8-13,26H,7,14-15H2,1-5H3,(H,28,29,32). The number of carbonyl (C=O) groups is 2. The second kappa shape index (κ2) is 10.7. The van der Waals surface area contributed by atoms with Crippen LogP contribution in [-0.4, -0.2) is 56.2 Å². The second-order valence-corrected chi connectivity index (χ2v) is 12.7. The number of urea groups is 1. The lowest BCUT2D eigenvalue weighted by molar-refractivity contribution is 0.0635. The Morgan fingerprint density at radius 2 is 1.74 bits per heavy atom. The van der Waals surface area contributed by atoms with E-state index in [-0.39, 0.29) is 10.2 Å². The molecule has 13 heteroatoms. The first kappa shape index (κ1) is 27.5. The van der Waals surface area contributed by atoms with Crippen LogP contribution in [0.2, 0.25) is 0 Å². The summed E-state index contributed by atoms with van der Waals surface area (Å²) >= 11 is 0.976. The maximum atomic E-state index is 13.4. The zero-order chi connectivity index (χ0) is 27.7. The van der Waals surface area contributed by atoms with Crippen LogP contribution < -0.4 is 19.8 Å². The van der Waals surface area contributed by atoms with E-state index in [0.29, 0.717) is 47.5 Å². The average Bonchev–Trinajstić information content (AvgIpc) is 3.25. The first-order valence-corrected chi connectivity index (χ1v) is 14.3. The third kappa shape index (κ3) is 6.11.